The fourth-order valence-corrected chi connectivity index (χ4v) is 5.68. The molecule has 3 nitrogen and oxygen atoms in total. The third-order valence-corrected chi connectivity index (χ3v) is 6.03. The Morgan fingerprint density at radius 3 is 2.26 bits per heavy atom. The third kappa shape index (κ3) is 2.20. The van der Waals surface area contributed by atoms with E-state index >= 15 is 0 Å². The molecule has 5 fully saturated rings. The quantitative estimate of drug-likeness (QED) is 0.795. The molecule has 19 heavy (non-hydrogen) atoms. The fourth-order valence-electron chi connectivity index (χ4n) is 5.68. The lowest BCUT2D eigenvalue weighted by Gasteiger charge is -2.56. The molecule has 0 aromatic rings. The van der Waals surface area contributed by atoms with E-state index in [1.54, 1.807) is 0 Å². The topological polar surface area (TPSA) is 38.3 Å². The summed E-state index contributed by atoms with van der Waals surface area (Å²) in [4.78, 5) is 12.1. The van der Waals surface area contributed by atoms with Crippen LogP contribution in [0.4, 0.5) is 0 Å². The van der Waals surface area contributed by atoms with Crippen LogP contribution in [0, 0.1) is 23.2 Å². The minimum atomic E-state index is -0.0195. The Bertz CT molecular complexity index is 338. The average Bonchev–Trinajstić information content (AvgIpc) is 2.88. The molecule has 1 heterocycles. The maximum Gasteiger partial charge on any atom is 0.323 e. The maximum absolute atomic E-state index is 12.1. The molecular formula is C16H25NO2. The molecule has 1 unspecified atom stereocenters. The second kappa shape index (κ2) is 4.47. The summed E-state index contributed by atoms with van der Waals surface area (Å²) in [6, 6.07) is -0.0195. The average molecular weight is 263 g/mol. The van der Waals surface area contributed by atoms with Gasteiger partial charge < -0.3 is 10.1 Å². The molecule has 5 aliphatic rings. The van der Waals surface area contributed by atoms with Crippen LogP contribution in [-0.2, 0) is 9.53 Å². The van der Waals surface area contributed by atoms with Crippen molar-refractivity contribution >= 4 is 5.97 Å². The highest BCUT2D eigenvalue weighted by atomic mass is 16.5. The van der Waals surface area contributed by atoms with Crippen molar-refractivity contribution in [2.75, 3.05) is 13.2 Å². The van der Waals surface area contributed by atoms with Gasteiger partial charge in [-0.2, -0.15) is 0 Å². The third-order valence-electron chi connectivity index (χ3n) is 6.03. The molecular weight excluding hydrogens is 238 g/mol. The highest BCUT2D eigenvalue weighted by Gasteiger charge is 2.51. The van der Waals surface area contributed by atoms with Crippen molar-refractivity contribution < 1.29 is 9.53 Å². The predicted molar refractivity (Wildman–Crippen MR) is 72.6 cm³/mol. The number of hydrogen-bond acceptors (Lipinski definition) is 3. The monoisotopic (exact) mass is 263 g/mol. The zero-order valence-corrected chi connectivity index (χ0v) is 11.7. The van der Waals surface area contributed by atoms with Crippen LogP contribution in [0.2, 0.25) is 0 Å². The van der Waals surface area contributed by atoms with Gasteiger partial charge in [-0.3, -0.25) is 4.79 Å². The zero-order valence-electron chi connectivity index (χ0n) is 11.7. The Morgan fingerprint density at radius 2 is 1.74 bits per heavy atom. The van der Waals surface area contributed by atoms with Crippen LogP contribution in [0.5, 0.6) is 0 Å². The van der Waals surface area contributed by atoms with Crippen LogP contribution in [0.25, 0.3) is 0 Å². The van der Waals surface area contributed by atoms with Gasteiger partial charge in [0, 0.05) is 5.41 Å². The first-order valence-electron chi connectivity index (χ1n) is 8.12. The van der Waals surface area contributed by atoms with Crippen molar-refractivity contribution in [1.82, 2.24) is 5.32 Å². The number of esters is 1. The van der Waals surface area contributed by atoms with Crippen LogP contribution >= 0.6 is 0 Å². The van der Waals surface area contributed by atoms with Gasteiger partial charge in [0.25, 0.3) is 0 Å². The van der Waals surface area contributed by atoms with Crippen molar-refractivity contribution in [2.24, 2.45) is 23.2 Å². The molecule has 1 aliphatic heterocycles. The molecule has 1 N–H and O–H groups in total. The van der Waals surface area contributed by atoms with Crippen molar-refractivity contribution in [3.05, 3.63) is 0 Å². The predicted octanol–water partition coefficient (Wildman–Crippen LogP) is 2.50. The van der Waals surface area contributed by atoms with Gasteiger partial charge in [0.2, 0.25) is 0 Å². The molecule has 0 aromatic carbocycles. The van der Waals surface area contributed by atoms with Gasteiger partial charge in [0.1, 0.15) is 6.04 Å². The van der Waals surface area contributed by atoms with Crippen LogP contribution in [0.15, 0.2) is 0 Å². The molecule has 5 rings (SSSR count). The van der Waals surface area contributed by atoms with Crippen molar-refractivity contribution in [3.8, 4) is 0 Å². The minimum absolute atomic E-state index is 0.00763. The van der Waals surface area contributed by atoms with E-state index in [0.29, 0.717) is 12.0 Å². The molecule has 0 spiro atoms. The molecule has 0 aromatic heterocycles. The normalized spacial score (nSPS) is 47.6. The molecule has 1 atom stereocenters. The van der Waals surface area contributed by atoms with E-state index in [9.17, 15) is 4.79 Å². The van der Waals surface area contributed by atoms with Crippen molar-refractivity contribution in [3.63, 3.8) is 0 Å². The summed E-state index contributed by atoms with van der Waals surface area (Å²) >= 11 is 0. The number of nitrogens with one attached hydrogen (secondary N) is 1. The molecule has 4 aliphatic carbocycles. The second-order valence-corrected chi connectivity index (χ2v) is 7.67. The lowest BCUT2D eigenvalue weighted by Crippen LogP contribution is -2.49. The smallest absolute Gasteiger partial charge is 0.323 e. The summed E-state index contributed by atoms with van der Waals surface area (Å²) in [5, 5.41) is 3.24. The van der Waals surface area contributed by atoms with Crippen LogP contribution in [-0.4, -0.2) is 25.2 Å². The summed E-state index contributed by atoms with van der Waals surface area (Å²) in [5.41, 5.74) is 0.364. The van der Waals surface area contributed by atoms with Crippen LogP contribution in [0.1, 0.15) is 51.4 Å². The number of ether oxygens (including phenoxy) is 1. The van der Waals surface area contributed by atoms with Gasteiger partial charge in [-0.15, -0.1) is 0 Å². The Morgan fingerprint density at radius 1 is 1.11 bits per heavy atom. The number of carbonyl (C=O) groups excluding carboxylic acids is 1. The first-order valence-corrected chi connectivity index (χ1v) is 8.12. The first-order chi connectivity index (χ1) is 9.22. The molecule has 1 saturated heterocycles. The summed E-state index contributed by atoms with van der Waals surface area (Å²) in [6.07, 6.45) is 10.4. The van der Waals surface area contributed by atoms with E-state index in [4.69, 9.17) is 4.74 Å². The van der Waals surface area contributed by atoms with E-state index < -0.39 is 0 Å². The van der Waals surface area contributed by atoms with Crippen LogP contribution in [0.3, 0.4) is 0 Å². The summed E-state index contributed by atoms with van der Waals surface area (Å²) in [5.74, 6) is 2.83. The summed E-state index contributed by atoms with van der Waals surface area (Å²) in [7, 11) is 0. The van der Waals surface area contributed by atoms with Gasteiger partial charge in [-0.25, -0.2) is 0 Å². The number of rotatable bonds is 3. The molecule has 0 amide bonds. The lowest BCUT2D eigenvalue weighted by molar-refractivity contribution is -0.157. The lowest BCUT2D eigenvalue weighted by atomic mass is 9.50. The van der Waals surface area contributed by atoms with Gasteiger partial charge in [0.05, 0.1) is 6.61 Å². The maximum atomic E-state index is 12.1. The molecule has 0 radical (unpaired) electrons. The molecule has 4 saturated carbocycles. The number of hydrogen-bond donors (Lipinski definition) is 1. The molecule has 106 valence electrons. The molecule has 4 bridgehead atoms. The number of carbonyl (C=O) groups is 1. The fraction of sp³-hybridized carbons (Fsp3) is 0.938. The van der Waals surface area contributed by atoms with E-state index in [2.05, 4.69) is 5.32 Å². The highest BCUT2D eigenvalue weighted by molar-refractivity contribution is 5.76. The Kier molecular flexibility index (Phi) is 2.87. The first kappa shape index (κ1) is 12.2. The zero-order chi connectivity index (χ0) is 12.9. The van der Waals surface area contributed by atoms with Gasteiger partial charge >= 0.3 is 5.97 Å². The second-order valence-electron chi connectivity index (χ2n) is 7.67. The summed E-state index contributed by atoms with van der Waals surface area (Å²) in [6.45, 7) is 1.67. The highest BCUT2D eigenvalue weighted by Crippen LogP contribution is 2.60. The Hall–Kier alpha value is -0.570. The Balaban J connectivity index is 1.38. The van der Waals surface area contributed by atoms with Crippen molar-refractivity contribution in [1.29, 1.82) is 0 Å². The van der Waals surface area contributed by atoms with Gasteiger partial charge in [0.15, 0.2) is 0 Å². The van der Waals surface area contributed by atoms with E-state index in [1.807, 2.05) is 0 Å². The largest absolute Gasteiger partial charge is 0.464 e. The van der Waals surface area contributed by atoms with Gasteiger partial charge in [-0.1, -0.05) is 0 Å². The van der Waals surface area contributed by atoms with E-state index in [0.717, 1.165) is 37.1 Å². The molecule has 3 heteroatoms. The summed E-state index contributed by atoms with van der Waals surface area (Å²) < 4.78 is 5.71. The standard InChI is InChI=1S/C16H25NO2/c18-15(14-2-1-3-17-14)19-10-16-7-11-4-12(8-16)6-13(5-11)9-16/h11-14,17H,1-10H2. The van der Waals surface area contributed by atoms with Crippen LogP contribution < -0.4 is 5.32 Å². The minimum Gasteiger partial charge on any atom is -0.464 e. The van der Waals surface area contributed by atoms with Gasteiger partial charge in [-0.05, 0) is 75.7 Å². The Labute approximate surface area is 115 Å². The van der Waals surface area contributed by atoms with E-state index in [-0.39, 0.29) is 12.0 Å². The SMILES string of the molecule is O=C(OCC12CC3CC(CC(C3)C1)C2)C1CCCN1. The van der Waals surface area contributed by atoms with Crippen molar-refractivity contribution in [2.45, 2.75) is 57.4 Å². The van der Waals surface area contributed by atoms with E-state index in [1.165, 1.54) is 38.5 Å².